The number of rotatable bonds is 8. The van der Waals surface area contributed by atoms with Gasteiger partial charge in [-0.2, -0.15) is 0 Å². The second-order valence-electron chi connectivity index (χ2n) is 6.89. The number of hydrogen-bond donors (Lipinski definition) is 1. The maximum Gasteiger partial charge on any atom is 0.410 e. The van der Waals surface area contributed by atoms with Gasteiger partial charge in [-0.3, -0.25) is 0 Å². The molecule has 0 aromatic carbocycles. The molecule has 0 heterocycles. The van der Waals surface area contributed by atoms with Crippen molar-refractivity contribution in [2.24, 2.45) is 5.92 Å². The largest absolute Gasteiger partial charge is 0.444 e. The average Bonchev–Trinajstić information content (AvgIpc) is 2.29. The molecule has 0 spiro atoms. The molecule has 1 amide bonds. The number of hydrogen-bond acceptors (Lipinski definition) is 3. The third-order valence-electron chi connectivity index (χ3n) is 3.08. The molecular weight excluding hydrogens is 252 g/mol. The zero-order valence-corrected chi connectivity index (χ0v) is 14.5. The summed E-state index contributed by atoms with van der Waals surface area (Å²) in [4.78, 5) is 13.7. The van der Waals surface area contributed by atoms with E-state index < -0.39 is 5.60 Å². The lowest BCUT2D eigenvalue weighted by Gasteiger charge is -2.27. The summed E-state index contributed by atoms with van der Waals surface area (Å²) < 4.78 is 5.39. The Morgan fingerprint density at radius 2 is 1.80 bits per heavy atom. The maximum atomic E-state index is 12.0. The molecule has 0 aliphatic carbocycles. The molecule has 1 N–H and O–H groups in total. The molecule has 0 aliphatic heterocycles. The van der Waals surface area contributed by atoms with Crippen LogP contribution >= 0.6 is 0 Å². The number of nitrogens with zero attached hydrogens (tertiary/aromatic N) is 1. The molecule has 0 bridgehead atoms. The molecule has 20 heavy (non-hydrogen) atoms. The van der Waals surface area contributed by atoms with Crippen molar-refractivity contribution in [3.05, 3.63) is 0 Å². The van der Waals surface area contributed by atoms with E-state index in [1.54, 1.807) is 4.90 Å². The Hall–Kier alpha value is -0.770. The second-order valence-corrected chi connectivity index (χ2v) is 6.89. The Morgan fingerprint density at radius 1 is 1.20 bits per heavy atom. The number of likely N-dealkylation sites (N-methyl/N-ethyl adjacent to an activating group) is 1. The van der Waals surface area contributed by atoms with Crippen LogP contribution in [0.15, 0.2) is 0 Å². The molecule has 0 fully saturated rings. The second kappa shape index (κ2) is 9.22. The summed E-state index contributed by atoms with van der Waals surface area (Å²) in [6, 6.07) is 0.495. The molecule has 1 unspecified atom stereocenters. The van der Waals surface area contributed by atoms with Crippen molar-refractivity contribution >= 4 is 6.09 Å². The zero-order valence-electron chi connectivity index (χ0n) is 14.5. The van der Waals surface area contributed by atoms with Gasteiger partial charge in [-0.15, -0.1) is 0 Å². The molecule has 0 saturated carbocycles. The monoisotopic (exact) mass is 286 g/mol. The zero-order chi connectivity index (χ0) is 15.8. The summed E-state index contributed by atoms with van der Waals surface area (Å²) in [5, 5.41) is 3.47. The lowest BCUT2D eigenvalue weighted by Crippen LogP contribution is -2.41. The van der Waals surface area contributed by atoms with Crippen molar-refractivity contribution in [1.82, 2.24) is 10.2 Å². The van der Waals surface area contributed by atoms with Gasteiger partial charge in [-0.25, -0.2) is 4.79 Å². The standard InChI is InChI=1S/C16H34N2O2/c1-8-18(15(19)20-16(5,6)7)12-11-17-14(4)10-9-13(2)3/h13-14,17H,8-12H2,1-7H3. The van der Waals surface area contributed by atoms with Gasteiger partial charge in [-0.1, -0.05) is 13.8 Å². The molecule has 120 valence electrons. The van der Waals surface area contributed by atoms with Crippen LogP contribution in [0.2, 0.25) is 0 Å². The van der Waals surface area contributed by atoms with Crippen molar-refractivity contribution in [3.8, 4) is 0 Å². The lowest BCUT2D eigenvalue weighted by atomic mass is 10.0. The van der Waals surface area contributed by atoms with Crippen LogP contribution in [0, 0.1) is 5.92 Å². The van der Waals surface area contributed by atoms with Gasteiger partial charge in [0, 0.05) is 25.7 Å². The summed E-state index contributed by atoms with van der Waals surface area (Å²) in [7, 11) is 0. The highest BCUT2D eigenvalue weighted by molar-refractivity contribution is 5.68. The first kappa shape index (κ1) is 19.2. The van der Waals surface area contributed by atoms with Crippen LogP contribution in [0.4, 0.5) is 4.79 Å². The van der Waals surface area contributed by atoms with E-state index in [4.69, 9.17) is 4.74 Å². The van der Waals surface area contributed by atoms with Crippen LogP contribution in [0.25, 0.3) is 0 Å². The van der Waals surface area contributed by atoms with Crippen LogP contribution < -0.4 is 5.32 Å². The van der Waals surface area contributed by atoms with Crippen LogP contribution in [-0.4, -0.2) is 42.3 Å². The van der Waals surface area contributed by atoms with Gasteiger partial charge in [0.05, 0.1) is 0 Å². The van der Waals surface area contributed by atoms with Gasteiger partial charge < -0.3 is 15.0 Å². The van der Waals surface area contributed by atoms with E-state index in [9.17, 15) is 4.79 Å². The third-order valence-corrected chi connectivity index (χ3v) is 3.08. The lowest BCUT2D eigenvalue weighted by molar-refractivity contribution is 0.0261. The summed E-state index contributed by atoms with van der Waals surface area (Å²) in [5.41, 5.74) is -0.428. The fourth-order valence-corrected chi connectivity index (χ4v) is 1.84. The van der Waals surface area contributed by atoms with Crippen LogP contribution in [0.1, 0.15) is 61.3 Å². The Kier molecular flexibility index (Phi) is 8.86. The van der Waals surface area contributed by atoms with E-state index in [-0.39, 0.29) is 6.09 Å². The molecule has 0 aromatic heterocycles. The van der Waals surface area contributed by atoms with E-state index in [0.717, 1.165) is 12.5 Å². The Balaban J connectivity index is 3.98. The Bertz CT molecular complexity index is 272. The van der Waals surface area contributed by atoms with E-state index in [2.05, 4.69) is 26.1 Å². The third kappa shape index (κ3) is 10.1. The SMILES string of the molecule is CCN(CCNC(C)CCC(C)C)C(=O)OC(C)(C)C. The van der Waals surface area contributed by atoms with Crippen molar-refractivity contribution < 1.29 is 9.53 Å². The van der Waals surface area contributed by atoms with Crippen LogP contribution in [0.3, 0.4) is 0 Å². The van der Waals surface area contributed by atoms with E-state index in [0.29, 0.717) is 19.1 Å². The van der Waals surface area contributed by atoms with E-state index in [1.807, 2.05) is 27.7 Å². The summed E-state index contributed by atoms with van der Waals surface area (Å²) >= 11 is 0. The van der Waals surface area contributed by atoms with Crippen molar-refractivity contribution in [2.75, 3.05) is 19.6 Å². The highest BCUT2D eigenvalue weighted by Crippen LogP contribution is 2.10. The predicted molar refractivity (Wildman–Crippen MR) is 85.0 cm³/mol. The Labute approximate surface area is 125 Å². The minimum atomic E-state index is -0.428. The molecule has 1 atom stereocenters. The normalized spacial score (nSPS) is 13.4. The average molecular weight is 286 g/mol. The van der Waals surface area contributed by atoms with Gasteiger partial charge in [0.25, 0.3) is 0 Å². The minimum Gasteiger partial charge on any atom is -0.444 e. The summed E-state index contributed by atoms with van der Waals surface area (Å²) in [5.74, 6) is 0.744. The van der Waals surface area contributed by atoms with E-state index >= 15 is 0 Å². The first-order valence-corrected chi connectivity index (χ1v) is 7.87. The highest BCUT2D eigenvalue weighted by Gasteiger charge is 2.20. The quantitative estimate of drug-likeness (QED) is 0.740. The molecule has 0 saturated heterocycles. The molecular formula is C16H34N2O2. The number of carbonyl (C=O) groups is 1. The van der Waals surface area contributed by atoms with Gasteiger partial charge in [0.1, 0.15) is 5.60 Å². The van der Waals surface area contributed by atoms with E-state index in [1.165, 1.54) is 12.8 Å². The maximum absolute atomic E-state index is 12.0. The molecule has 0 radical (unpaired) electrons. The number of carbonyl (C=O) groups excluding carboxylic acids is 1. The molecule has 0 rings (SSSR count). The minimum absolute atomic E-state index is 0.225. The first-order chi connectivity index (χ1) is 9.15. The van der Waals surface area contributed by atoms with Gasteiger partial charge in [0.2, 0.25) is 0 Å². The molecule has 4 nitrogen and oxygen atoms in total. The van der Waals surface area contributed by atoms with Gasteiger partial charge in [0.15, 0.2) is 0 Å². The number of ether oxygens (including phenoxy) is 1. The molecule has 0 aromatic rings. The van der Waals surface area contributed by atoms with Gasteiger partial charge >= 0.3 is 6.09 Å². The topological polar surface area (TPSA) is 41.6 Å². The molecule has 0 aliphatic rings. The Morgan fingerprint density at radius 3 is 2.25 bits per heavy atom. The fourth-order valence-electron chi connectivity index (χ4n) is 1.84. The molecule has 4 heteroatoms. The highest BCUT2D eigenvalue weighted by atomic mass is 16.6. The van der Waals surface area contributed by atoms with Gasteiger partial charge in [-0.05, 0) is 53.4 Å². The van der Waals surface area contributed by atoms with Crippen LogP contribution in [0.5, 0.6) is 0 Å². The number of amides is 1. The van der Waals surface area contributed by atoms with Crippen molar-refractivity contribution in [3.63, 3.8) is 0 Å². The summed E-state index contributed by atoms with van der Waals surface area (Å²) in [6.07, 6.45) is 2.19. The smallest absolute Gasteiger partial charge is 0.410 e. The number of nitrogens with one attached hydrogen (secondary N) is 1. The predicted octanol–water partition coefficient (Wildman–Crippen LogP) is 3.66. The van der Waals surface area contributed by atoms with Crippen molar-refractivity contribution in [2.45, 2.75) is 73.0 Å². The fraction of sp³-hybridized carbons (Fsp3) is 0.938. The van der Waals surface area contributed by atoms with Crippen LogP contribution in [-0.2, 0) is 4.74 Å². The first-order valence-electron chi connectivity index (χ1n) is 7.87. The van der Waals surface area contributed by atoms with Crippen molar-refractivity contribution in [1.29, 1.82) is 0 Å². The summed E-state index contributed by atoms with van der Waals surface area (Å²) in [6.45, 7) is 16.5.